The summed E-state index contributed by atoms with van der Waals surface area (Å²) in [5.74, 6) is 0.0844. The molecule has 1 aliphatic heterocycles. The molecule has 0 atom stereocenters. The topological polar surface area (TPSA) is 48.5 Å². The van der Waals surface area contributed by atoms with E-state index in [1.165, 1.54) is 24.0 Å². The Labute approximate surface area is 155 Å². The molecule has 136 valence electrons. The van der Waals surface area contributed by atoms with Gasteiger partial charge in [-0.3, -0.25) is 19.6 Å². The van der Waals surface area contributed by atoms with Gasteiger partial charge in [0.15, 0.2) is 0 Å². The van der Waals surface area contributed by atoms with Gasteiger partial charge in [-0.05, 0) is 54.7 Å². The van der Waals surface area contributed by atoms with Crippen LogP contribution in [0.5, 0.6) is 0 Å². The molecule has 1 fully saturated rings. The van der Waals surface area contributed by atoms with E-state index in [4.69, 9.17) is 0 Å². The van der Waals surface area contributed by atoms with Crippen LogP contribution in [0.1, 0.15) is 23.2 Å². The lowest BCUT2D eigenvalue weighted by molar-refractivity contribution is -0.117. The van der Waals surface area contributed by atoms with E-state index in [1.807, 2.05) is 24.4 Å². The molecule has 1 aromatic carbocycles. The molecule has 0 saturated carbocycles. The second-order valence-electron chi connectivity index (χ2n) is 7.26. The van der Waals surface area contributed by atoms with Crippen LogP contribution in [0.25, 0.3) is 0 Å². The average Bonchev–Trinajstić information content (AvgIpc) is 3.12. The highest BCUT2D eigenvalue weighted by Crippen LogP contribution is 2.24. The molecule has 1 N–H and O–H groups in total. The molecule has 2 aromatic rings. The number of rotatable bonds is 5. The number of hydrogen-bond donors (Lipinski definition) is 1. The summed E-state index contributed by atoms with van der Waals surface area (Å²) >= 11 is 0. The number of pyridine rings is 1. The zero-order valence-electron chi connectivity index (χ0n) is 15.2. The molecule has 0 unspecified atom stereocenters. The van der Waals surface area contributed by atoms with Crippen LogP contribution in [-0.4, -0.2) is 53.4 Å². The molecule has 1 amide bonds. The van der Waals surface area contributed by atoms with Gasteiger partial charge in [0.25, 0.3) is 0 Å². The molecule has 1 saturated heterocycles. The Hall–Kier alpha value is -2.24. The Morgan fingerprint density at radius 2 is 1.81 bits per heavy atom. The van der Waals surface area contributed by atoms with E-state index in [2.05, 4.69) is 38.3 Å². The fourth-order valence-electron chi connectivity index (χ4n) is 3.88. The molecule has 5 heteroatoms. The van der Waals surface area contributed by atoms with Crippen molar-refractivity contribution in [1.82, 2.24) is 14.8 Å². The monoisotopic (exact) mass is 350 g/mol. The first kappa shape index (κ1) is 17.2. The van der Waals surface area contributed by atoms with Gasteiger partial charge in [-0.15, -0.1) is 0 Å². The van der Waals surface area contributed by atoms with Crippen LogP contribution in [0.4, 0.5) is 5.69 Å². The first-order chi connectivity index (χ1) is 12.8. The maximum Gasteiger partial charge on any atom is 0.238 e. The van der Waals surface area contributed by atoms with Crippen molar-refractivity contribution in [1.29, 1.82) is 0 Å². The van der Waals surface area contributed by atoms with Crippen LogP contribution in [0.2, 0.25) is 0 Å². The van der Waals surface area contributed by atoms with Crippen molar-refractivity contribution in [2.24, 2.45) is 0 Å². The van der Waals surface area contributed by atoms with Gasteiger partial charge < -0.3 is 5.32 Å². The van der Waals surface area contributed by atoms with Gasteiger partial charge in [0.1, 0.15) is 0 Å². The maximum atomic E-state index is 12.4. The zero-order chi connectivity index (χ0) is 17.8. The number of amides is 1. The number of nitrogens with zero attached hydrogens (tertiary/aromatic N) is 3. The summed E-state index contributed by atoms with van der Waals surface area (Å²) in [6.07, 6.45) is 5.38. The smallest absolute Gasteiger partial charge is 0.238 e. The summed E-state index contributed by atoms with van der Waals surface area (Å²) < 4.78 is 0. The summed E-state index contributed by atoms with van der Waals surface area (Å²) in [4.78, 5) is 21.4. The number of aryl methyl sites for hydroxylation is 2. The lowest BCUT2D eigenvalue weighted by Crippen LogP contribution is -2.48. The number of nitrogens with one attached hydrogen (secondary N) is 1. The quantitative estimate of drug-likeness (QED) is 0.899. The normalized spacial score (nSPS) is 17.8. The lowest BCUT2D eigenvalue weighted by atomic mass is 10.1. The molecule has 5 nitrogen and oxygen atoms in total. The Morgan fingerprint density at radius 3 is 2.62 bits per heavy atom. The van der Waals surface area contributed by atoms with Crippen LogP contribution in [-0.2, 0) is 24.2 Å². The molecule has 0 bridgehead atoms. The molecular weight excluding hydrogens is 324 g/mol. The molecule has 2 heterocycles. The molecule has 2 aliphatic rings. The summed E-state index contributed by atoms with van der Waals surface area (Å²) in [6.45, 7) is 5.14. The van der Waals surface area contributed by atoms with Gasteiger partial charge in [0.2, 0.25) is 5.91 Å². The van der Waals surface area contributed by atoms with Crippen LogP contribution in [0, 0.1) is 0 Å². The molecular formula is C21H26N4O. The summed E-state index contributed by atoms with van der Waals surface area (Å²) in [6, 6.07) is 12.4. The van der Waals surface area contributed by atoms with Gasteiger partial charge in [-0.1, -0.05) is 12.1 Å². The van der Waals surface area contributed by atoms with Crippen LogP contribution < -0.4 is 5.32 Å². The second-order valence-corrected chi connectivity index (χ2v) is 7.26. The number of carbonyl (C=O) groups excluding carboxylic acids is 1. The fraction of sp³-hybridized carbons (Fsp3) is 0.429. The van der Waals surface area contributed by atoms with E-state index in [9.17, 15) is 4.79 Å². The van der Waals surface area contributed by atoms with Crippen molar-refractivity contribution in [3.8, 4) is 0 Å². The maximum absolute atomic E-state index is 12.4. The zero-order valence-corrected chi connectivity index (χ0v) is 15.2. The molecule has 0 spiro atoms. The standard InChI is InChI=1S/C21H26N4O/c26-21(23-19-8-7-17-4-3-5-18(17)14-19)16-25-12-10-24(11-13-25)15-20-6-1-2-9-22-20/h1-2,6-9,14H,3-5,10-13,15-16H2,(H,23,26). The van der Waals surface area contributed by atoms with Gasteiger partial charge in [-0.25, -0.2) is 0 Å². The Balaban J connectivity index is 1.23. The predicted molar refractivity (Wildman–Crippen MR) is 103 cm³/mol. The number of aromatic nitrogens is 1. The highest BCUT2D eigenvalue weighted by Gasteiger charge is 2.19. The van der Waals surface area contributed by atoms with E-state index in [0.29, 0.717) is 6.54 Å². The van der Waals surface area contributed by atoms with E-state index in [0.717, 1.165) is 50.5 Å². The van der Waals surface area contributed by atoms with E-state index < -0.39 is 0 Å². The molecule has 1 aromatic heterocycles. The van der Waals surface area contributed by atoms with Crippen molar-refractivity contribution in [3.63, 3.8) is 0 Å². The van der Waals surface area contributed by atoms with Gasteiger partial charge in [0, 0.05) is 44.6 Å². The third kappa shape index (κ3) is 4.29. The largest absolute Gasteiger partial charge is 0.325 e. The Kier molecular flexibility index (Phi) is 5.27. The number of piperazine rings is 1. The minimum atomic E-state index is 0.0844. The predicted octanol–water partition coefficient (Wildman–Crippen LogP) is 2.33. The number of anilines is 1. The van der Waals surface area contributed by atoms with Gasteiger partial charge >= 0.3 is 0 Å². The van der Waals surface area contributed by atoms with Crippen molar-refractivity contribution < 1.29 is 4.79 Å². The van der Waals surface area contributed by atoms with Crippen molar-refractivity contribution in [2.75, 3.05) is 38.0 Å². The third-order valence-electron chi connectivity index (χ3n) is 5.33. The summed E-state index contributed by atoms with van der Waals surface area (Å²) in [5, 5.41) is 3.07. The fourth-order valence-corrected chi connectivity index (χ4v) is 3.88. The first-order valence-corrected chi connectivity index (χ1v) is 9.52. The van der Waals surface area contributed by atoms with Crippen LogP contribution in [0.3, 0.4) is 0 Å². The highest BCUT2D eigenvalue weighted by atomic mass is 16.2. The molecule has 0 radical (unpaired) electrons. The Morgan fingerprint density at radius 1 is 1.00 bits per heavy atom. The second kappa shape index (κ2) is 7.98. The Bertz CT molecular complexity index is 754. The third-order valence-corrected chi connectivity index (χ3v) is 5.33. The van der Waals surface area contributed by atoms with E-state index in [1.54, 1.807) is 0 Å². The summed E-state index contributed by atoms with van der Waals surface area (Å²) in [7, 11) is 0. The van der Waals surface area contributed by atoms with Crippen molar-refractivity contribution in [2.45, 2.75) is 25.8 Å². The minimum Gasteiger partial charge on any atom is -0.325 e. The van der Waals surface area contributed by atoms with Gasteiger partial charge in [0.05, 0.1) is 12.2 Å². The minimum absolute atomic E-state index is 0.0844. The van der Waals surface area contributed by atoms with Crippen molar-refractivity contribution in [3.05, 3.63) is 59.4 Å². The van der Waals surface area contributed by atoms with Crippen LogP contribution in [0.15, 0.2) is 42.6 Å². The number of hydrogen-bond acceptors (Lipinski definition) is 4. The molecule has 26 heavy (non-hydrogen) atoms. The first-order valence-electron chi connectivity index (χ1n) is 9.52. The number of fused-ring (bicyclic) bond motifs is 1. The number of benzene rings is 1. The lowest BCUT2D eigenvalue weighted by Gasteiger charge is -2.34. The van der Waals surface area contributed by atoms with E-state index in [-0.39, 0.29) is 5.91 Å². The SMILES string of the molecule is O=C(CN1CCN(Cc2ccccn2)CC1)Nc1ccc2c(c1)CCC2. The van der Waals surface area contributed by atoms with Crippen molar-refractivity contribution >= 4 is 11.6 Å². The molecule has 4 rings (SSSR count). The summed E-state index contributed by atoms with van der Waals surface area (Å²) in [5.41, 5.74) is 4.87. The molecule has 1 aliphatic carbocycles. The average molecular weight is 350 g/mol. The van der Waals surface area contributed by atoms with Gasteiger partial charge in [-0.2, -0.15) is 0 Å². The van der Waals surface area contributed by atoms with E-state index >= 15 is 0 Å². The van der Waals surface area contributed by atoms with Crippen LogP contribution >= 0.6 is 0 Å². The highest BCUT2D eigenvalue weighted by molar-refractivity contribution is 5.92. The number of carbonyl (C=O) groups is 1.